The fourth-order valence-electron chi connectivity index (χ4n) is 4.92. The number of aromatic nitrogens is 1. The van der Waals surface area contributed by atoms with Crippen molar-refractivity contribution in [2.24, 2.45) is 5.92 Å². The first-order valence-corrected chi connectivity index (χ1v) is 13.6. The maximum atomic E-state index is 13.3. The van der Waals surface area contributed by atoms with E-state index >= 15 is 0 Å². The smallest absolute Gasteiger partial charge is 0.410 e. The van der Waals surface area contributed by atoms with Gasteiger partial charge in [-0.1, -0.05) is 20.8 Å². The van der Waals surface area contributed by atoms with Gasteiger partial charge in [-0.25, -0.2) is 4.79 Å². The molecule has 2 aromatic rings. The fraction of sp³-hybridized carbons (Fsp3) is 0.621. The number of ether oxygens (including phenoxy) is 1. The number of likely N-dealkylation sites (tertiary alicyclic amines) is 1. The number of hydrogen-bond acceptors (Lipinski definition) is 4. The highest BCUT2D eigenvalue weighted by Crippen LogP contribution is 2.33. The molecule has 0 atom stereocenters. The first kappa shape index (κ1) is 28.5. The summed E-state index contributed by atoms with van der Waals surface area (Å²) >= 11 is 0. The van der Waals surface area contributed by atoms with Gasteiger partial charge >= 0.3 is 6.09 Å². The molecule has 1 aromatic heterocycles. The number of piperidine rings is 1. The second-order valence-corrected chi connectivity index (χ2v) is 11.2. The summed E-state index contributed by atoms with van der Waals surface area (Å²) in [4.78, 5) is 44.0. The van der Waals surface area contributed by atoms with Crippen LogP contribution in [0.25, 0.3) is 10.9 Å². The highest BCUT2D eigenvalue weighted by atomic mass is 16.6. The number of carbonyl (C=O) groups is 3. The molecule has 8 nitrogen and oxygen atoms in total. The van der Waals surface area contributed by atoms with Crippen LogP contribution in [0.15, 0.2) is 18.2 Å². The van der Waals surface area contributed by atoms with Gasteiger partial charge in [0.1, 0.15) is 12.1 Å². The summed E-state index contributed by atoms with van der Waals surface area (Å²) in [5.41, 5.74) is 3.03. The molecule has 3 heterocycles. The minimum Gasteiger partial charge on any atom is -0.444 e. The van der Waals surface area contributed by atoms with Gasteiger partial charge in [-0.05, 0) is 57.7 Å². The molecule has 2 aliphatic rings. The van der Waals surface area contributed by atoms with Crippen molar-refractivity contribution in [2.45, 2.75) is 79.5 Å². The van der Waals surface area contributed by atoms with Crippen LogP contribution in [0.1, 0.15) is 76.0 Å². The van der Waals surface area contributed by atoms with Crippen molar-refractivity contribution in [2.75, 3.05) is 33.7 Å². The zero-order chi connectivity index (χ0) is 27.5. The molecule has 0 unspecified atom stereocenters. The van der Waals surface area contributed by atoms with Crippen LogP contribution in [0.5, 0.6) is 0 Å². The number of likely N-dealkylation sites (N-methyl/N-ethyl adjacent to an activating group) is 1. The molecule has 37 heavy (non-hydrogen) atoms. The lowest BCUT2D eigenvalue weighted by Crippen LogP contribution is -2.40. The molecule has 4 rings (SSSR count). The Labute approximate surface area is 221 Å². The number of hydrogen-bond donors (Lipinski definition) is 0. The molecular weight excluding hydrogens is 468 g/mol. The van der Waals surface area contributed by atoms with Gasteiger partial charge in [-0.3, -0.25) is 9.59 Å². The first-order valence-electron chi connectivity index (χ1n) is 13.6. The summed E-state index contributed by atoms with van der Waals surface area (Å²) in [5, 5.41) is 0.927. The van der Waals surface area contributed by atoms with Crippen LogP contribution in [-0.4, -0.2) is 76.5 Å². The van der Waals surface area contributed by atoms with Gasteiger partial charge in [0.05, 0.1) is 6.54 Å². The molecule has 2 aliphatic heterocycles. The monoisotopic (exact) mass is 512 g/mol. The standard InChI is InChI=1S/C27H38N4O4.C2H6/c1-18-9-12-29(13-10-18)25(33)19-7-8-22-20(15-19)21-16-30(26(34)35-27(2,3)4)14-11-23(21)31(22)17-24(32)28(5)6;1-2/h7-8,15,18H,9-14,16-17H2,1-6H3;1-2H3. The molecule has 1 fully saturated rings. The van der Waals surface area contributed by atoms with Crippen LogP contribution in [-0.2, 0) is 29.0 Å². The third-order valence-electron chi connectivity index (χ3n) is 7.02. The van der Waals surface area contributed by atoms with Crippen molar-refractivity contribution >= 4 is 28.8 Å². The molecule has 0 spiro atoms. The average molecular weight is 513 g/mol. The maximum absolute atomic E-state index is 13.3. The van der Waals surface area contributed by atoms with Crippen LogP contribution < -0.4 is 0 Å². The summed E-state index contributed by atoms with van der Waals surface area (Å²) < 4.78 is 7.67. The SMILES string of the molecule is CC.CC1CCN(C(=O)c2ccc3c(c2)c2c(n3CC(=O)N(C)C)CCN(C(=O)OC(C)(C)C)C2)CC1. The Bertz CT molecular complexity index is 1140. The number of amides is 3. The van der Waals surface area contributed by atoms with E-state index in [-0.39, 0.29) is 24.5 Å². The number of fused-ring (bicyclic) bond motifs is 3. The van der Waals surface area contributed by atoms with Crippen molar-refractivity contribution in [3.63, 3.8) is 0 Å². The van der Waals surface area contributed by atoms with E-state index in [1.54, 1.807) is 23.9 Å². The molecule has 0 bridgehead atoms. The van der Waals surface area contributed by atoms with Gasteiger partial charge in [-0.15, -0.1) is 0 Å². The molecule has 3 amide bonds. The largest absolute Gasteiger partial charge is 0.444 e. The van der Waals surface area contributed by atoms with Crippen molar-refractivity contribution < 1.29 is 19.1 Å². The normalized spacial score (nSPS) is 16.1. The van der Waals surface area contributed by atoms with E-state index in [9.17, 15) is 14.4 Å². The molecule has 0 radical (unpaired) electrons. The molecule has 1 aromatic carbocycles. The third kappa shape index (κ3) is 6.46. The summed E-state index contributed by atoms with van der Waals surface area (Å²) in [5.74, 6) is 0.696. The first-order chi connectivity index (χ1) is 17.4. The van der Waals surface area contributed by atoms with Crippen molar-refractivity contribution in [1.29, 1.82) is 0 Å². The Hall–Kier alpha value is -3.03. The summed E-state index contributed by atoms with van der Waals surface area (Å²) in [6.07, 6.45) is 2.33. The van der Waals surface area contributed by atoms with Crippen LogP contribution in [0.4, 0.5) is 4.79 Å². The van der Waals surface area contributed by atoms with Crippen molar-refractivity contribution in [3.05, 3.63) is 35.0 Å². The van der Waals surface area contributed by atoms with Gasteiger partial charge in [0.15, 0.2) is 0 Å². The lowest BCUT2D eigenvalue weighted by molar-refractivity contribution is -0.129. The molecule has 1 saturated heterocycles. The predicted octanol–water partition coefficient (Wildman–Crippen LogP) is 4.92. The van der Waals surface area contributed by atoms with Crippen molar-refractivity contribution in [3.8, 4) is 0 Å². The predicted molar refractivity (Wildman–Crippen MR) is 147 cm³/mol. The lowest BCUT2D eigenvalue weighted by atomic mass is 9.98. The Morgan fingerprint density at radius 3 is 2.27 bits per heavy atom. The number of rotatable bonds is 3. The van der Waals surface area contributed by atoms with E-state index in [2.05, 4.69) is 11.5 Å². The summed E-state index contributed by atoms with van der Waals surface area (Å²) in [6, 6.07) is 5.77. The van der Waals surface area contributed by atoms with Crippen LogP contribution >= 0.6 is 0 Å². The Balaban J connectivity index is 0.00000186. The number of carbonyl (C=O) groups excluding carboxylic acids is 3. The summed E-state index contributed by atoms with van der Waals surface area (Å²) in [6.45, 7) is 14.5. The van der Waals surface area contributed by atoms with E-state index in [1.807, 2.05) is 57.7 Å². The maximum Gasteiger partial charge on any atom is 0.410 e. The second kappa shape index (κ2) is 11.6. The van der Waals surface area contributed by atoms with Crippen molar-refractivity contribution in [1.82, 2.24) is 19.3 Å². The molecule has 0 saturated carbocycles. The Morgan fingerprint density at radius 2 is 1.68 bits per heavy atom. The number of benzene rings is 1. The fourth-order valence-corrected chi connectivity index (χ4v) is 4.92. The van der Waals surface area contributed by atoms with E-state index in [4.69, 9.17) is 4.74 Å². The quantitative estimate of drug-likeness (QED) is 0.585. The molecule has 8 heteroatoms. The van der Waals surface area contributed by atoms with Crippen LogP contribution in [0.2, 0.25) is 0 Å². The van der Waals surface area contributed by atoms with Gasteiger partial charge in [0.2, 0.25) is 5.91 Å². The Morgan fingerprint density at radius 1 is 1.03 bits per heavy atom. The number of nitrogens with zero attached hydrogens (tertiary/aromatic N) is 4. The van der Waals surface area contributed by atoms with E-state index in [0.29, 0.717) is 31.0 Å². The minimum absolute atomic E-state index is 0.00172. The topological polar surface area (TPSA) is 75.1 Å². The zero-order valence-electron chi connectivity index (χ0n) is 23.9. The highest BCUT2D eigenvalue weighted by molar-refractivity contribution is 5.99. The minimum atomic E-state index is -0.574. The van der Waals surface area contributed by atoms with Gasteiger partial charge in [0.25, 0.3) is 5.91 Å². The summed E-state index contributed by atoms with van der Waals surface area (Å²) in [7, 11) is 3.50. The van der Waals surface area contributed by atoms with E-state index < -0.39 is 5.60 Å². The van der Waals surface area contributed by atoms with Crippen LogP contribution in [0, 0.1) is 5.92 Å². The van der Waals surface area contributed by atoms with Gasteiger partial charge < -0.3 is 24.0 Å². The molecule has 0 N–H and O–H groups in total. The second-order valence-electron chi connectivity index (χ2n) is 11.2. The zero-order valence-corrected chi connectivity index (χ0v) is 23.9. The highest BCUT2D eigenvalue weighted by Gasteiger charge is 2.31. The molecular formula is C29H44N4O4. The average Bonchev–Trinajstić information content (AvgIpc) is 3.16. The van der Waals surface area contributed by atoms with E-state index in [1.165, 1.54) is 0 Å². The molecule has 204 valence electrons. The van der Waals surface area contributed by atoms with E-state index in [0.717, 1.165) is 48.1 Å². The Kier molecular flexibility index (Phi) is 8.92. The molecule has 0 aliphatic carbocycles. The van der Waals surface area contributed by atoms with Gasteiger partial charge in [-0.2, -0.15) is 0 Å². The van der Waals surface area contributed by atoms with Gasteiger partial charge in [0, 0.05) is 67.9 Å². The third-order valence-corrected chi connectivity index (χ3v) is 7.02. The lowest BCUT2D eigenvalue weighted by Gasteiger charge is -2.31. The van der Waals surface area contributed by atoms with Crippen LogP contribution in [0.3, 0.4) is 0 Å².